The van der Waals surface area contributed by atoms with Crippen LogP contribution in [0.1, 0.15) is 39.2 Å². The van der Waals surface area contributed by atoms with Crippen molar-refractivity contribution in [3.05, 3.63) is 50.2 Å². The van der Waals surface area contributed by atoms with Crippen molar-refractivity contribution in [1.29, 1.82) is 0 Å². The molecule has 0 aliphatic carbocycles. The summed E-state index contributed by atoms with van der Waals surface area (Å²) < 4.78 is 0. The van der Waals surface area contributed by atoms with E-state index >= 15 is 0 Å². The van der Waals surface area contributed by atoms with Crippen LogP contribution in [-0.2, 0) is 22.7 Å². The number of urea groups is 1. The van der Waals surface area contributed by atoms with Crippen LogP contribution in [0.2, 0.25) is 5.02 Å². The summed E-state index contributed by atoms with van der Waals surface area (Å²) in [5, 5.41) is 4.68. The molecular weight excluding hydrogens is 452 g/mol. The number of hydrogen-bond acceptors (Lipinski definition) is 5. The van der Waals surface area contributed by atoms with Gasteiger partial charge in [0.15, 0.2) is 0 Å². The molecule has 1 aromatic carbocycles. The van der Waals surface area contributed by atoms with Gasteiger partial charge in [0.1, 0.15) is 6.04 Å². The number of benzene rings is 1. The summed E-state index contributed by atoms with van der Waals surface area (Å²) in [6.07, 6.45) is 0.536. The molecule has 3 heterocycles. The van der Waals surface area contributed by atoms with E-state index in [-0.39, 0.29) is 24.3 Å². The number of carbonyl (C=O) groups excluding carboxylic acids is 4. The molecule has 2 aromatic rings. The maximum Gasteiger partial charge on any atom is 0.324 e. The first-order valence-electron chi connectivity index (χ1n) is 10.2. The zero-order chi connectivity index (χ0) is 23.2. The molecule has 0 bridgehead atoms. The van der Waals surface area contributed by atoms with Gasteiger partial charge in [-0.2, -0.15) is 0 Å². The SMILES string of the molecule is Cc1ccc(N(C)C(=O)N(C)Cc2scc3c2CN(C2CCC(=O)NC2=O)C3=O)cc1Cl. The van der Waals surface area contributed by atoms with Crippen LogP contribution in [0, 0.1) is 6.92 Å². The number of imide groups is 1. The fourth-order valence-electron chi connectivity index (χ4n) is 3.98. The van der Waals surface area contributed by atoms with E-state index in [1.807, 2.05) is 19.1 Å². The second kappa shape index (κ2) is 8.55. The lowest BCUT2D eigenvalue weighted by molar-refractivity contribution is -0.136. The quantitative estimate of drug-likeness (QED) is 0.689. The number of anilines is 1. The minimum absolute atomic E-state index is 0.210. The van der Waals surface area contributed by atoms with Gasteiger partial charge in [-0.05, 0) is 36.6 Å². The standard InChI is InChI=1S/C22H23ClN4O4S/c1-12-4-5-13(8-16(12)23)26(3)22(31)25(2)10-18-14-9-27(21(30)15(14)11-32-18)17-6-7-19(28)24-20(17)29/h4-5,8,11,17H,6-7,9-10H2,1-3H3,(H,24,28,29). The molecule has 1 fully saturated rings. The zero-order valence-electron chi connectivity index (χ0n) is 18.0. The molecule has 2 aliphatic heterocycles. The van der Waals surface area contributed by atoms with Crippen molar-refractivity contribution in [2.45, 2.75) is 38.9 Å². The number of nitrogens with zero attached hydrogens (tertiary/aromatic N) is 3. The molecule has 1 N–H and O–H groups in total. The third-order valence-electron chi connectivity index (χ3n) is 5.92. The lowest BCUT2D eigenvalue weighted by Gasteiger charge is -2.29. The Kier molecular flexibility index (Phi) is 5.96. The molecule has 0 radical (unpaired) electrons. The highest BCUT2D eigenvalue weighted by Gasteiger charge is 2.40. The van der Waals surface area contributed by atoms with Gasteiger partial charge in [-0.15, -0.1) is 11.3 Å². The number of aryl methyl sites for hydroxylation is 1. The maximum absolute atomic E-state index is 13.0. The lowest BCUT2D eigenvalue weighted by atomic mass is 10.0. The van der Waals surface area contributed by atoms with Crippen molar-refractivity contribution >= 4 is 52.4 Å². The van der Waals surface area contributed by atoms with Crippen LogP contribution in [-0.4, -0.2) is 53.7 Å². The molecule has 1 unspecified atom stereocenters. The molecule has 0 saturated carbocycles. The van der Waals surface area contributed by atoms with Gasteiger partial charge in [-0.1, -0.05) is 17.7 Å². The summed E-state index contributed by atoms with van der Waals surface area (Å²) in [6, 6.07) is 4.59. The van der Waals surface area contributed by atoms with Crippen molar-refractivity contribution < 1.29 is 19.2 Å². The fraction of sp³-hybridized carbons (Fsp3) is 0.364. The third-order valence-corrected chi connectivity index (χ3v) is 7.34. The summed E-state index contributed by atoms with van der Waals surface area (Å²) in [7, 11) is 3.39. The number of amides is 5. The highest BCUT2D eigenvalue weighted by Crippen LogP contribution is 2.34. The summed E-state index contributed by atoms with van der Waals surface area (Å²) in [6.45, 7) is 2.53. The molecule has 0 spiro atoms. The number of carbonyl (C=O) groups is 4. The van der Waals surface area contributed by atoms with E-state index in [0.29, 0.717) is 35.8 Å². The van der Waals surface area contributed by atoms with Crippen LogP contribution in [0.4, 0.5) is 10.5 Å². The van der Waals surface area contributed by atoms with Gasteiger partial charge in [0, 0.05) is 48.0 Å². The number of hydrogen-bond donors (Lipinski definition) is 1. The molecule has 1 saturated heterocycles. The van der Waals surface area contributed by atoms with Crippen molar-refractivity contribution in [2.24, 2.45) is 0 Å². The van der Waals surface area contributed by atoms with E-state index in [4.69, 9.17) is 11.6 Å². The minimum Gasteiger partial charge on any atom is -0.322 e. The third kappa shape index (κ3) is 3.98. The number of rotatable bonds is 4. The fourth-order valence-corrected chi connectivity index (χ4v) is 5.24. The summed E-state index contributed by atoms with van der Waals surface area (Å²) >= 11 is 7.62. The first kappa shape index (κ1) is 22.3. The molecule has 32 heavy (non-hydrogen) atoms. The molecule has 168 valence electrons. The Morgan fingerprint density at radius 3 is 2.72 bits per heavy atom. The average molecular weight is 475 g/mol. The van der Waals surface area contributed by atoms with E-state index in [9.17, 15) is 19.2 Å². The molecule has 10 heteroatoms. The molecule has 1 aromatic heterocycles. The maximum atomic E-state index is 13.0. The van der Waals surface area contributed by atoms with Gasteiger partial charge in [0.05, 0.1) is 12.1 Å². The average Bonchev–Trinajstić information content (AvgIpc) is 3.29. The Hall–Kier alpha value is -2.91. The zero-order valence-corrected chi connectivity index (χ0v) is 19.5. The smallest absolute Gasteiger partial charge is 0.322 e. The van der Waals surface area contributed by atoms with E-state index < -0.39 is 11.9 Å². The Balaban J connectivity index is 1.47. The lowest BCUT2D eigenvalue weighted by Crippen LogP contribution is -2.52. The van der Waals surface area contributed by atoms with Gasteiger partial charge < -0.3 is 9.80 Å². The van der Waals surface area contributed by atoms with Crippen molar-refractivity contribution in [1.82, 2.24) is 15.1 Å². The molecule has 4 rings (SSSR count). The van der Waals surface area contributed by atoms with Gasteiger partial charge in [-0.25, -0.2) is 4.79 Å². The Labute approximate surface area is 194 Å². The topological polar surface area (TPSA) is 90.0 Å². The molecule has 2 aliphatic rings. The van der Waals surface area contributed by atoms with Gasteiger partial charge in [0.25, 0.3) is 5.91 Å². The van der Waals surface area contributed by atoms with Crippen LogP contribution >= 0.6 is 22.9 Å². The van der Waals surface area contributed by atoms with Crippen LogP contribution < -0.4 is 10.2 Å². The molecular formula is C22H23ClN4O4S. The van der Waals surface area contributed by atoms with Crippen molar-refractivity contribution in [3.8, 4) is 0 Å². The second-order valence-corrected chi connectivity index (χ2v) is 9.45. The van der Waals surface area contributed by atoms with Gasteiger partial charge >= 0.3 is 6.03 Å². The number of thiophene rings is 1. The summed E-state index contributed by atoms with van der Waals surface area (Å²) in [5.41, 5.74) is 3.02. The van der Waals surface area contributed by atoms with Crippen LogP contribution in [0.5, 0.6) is 0 Å². The van der Waals surface area contributed by atoms with Crippen LogP contribution in [0.3, 0.4) is 0 Å². The van der Waals surface area contributed by atoms with E-state index in [1.165, 1.54) is 21.1 Å². The second-order valence-electron chi connectivity index (χ2n) is 8.08. The van der Waals surface area contributed by atoms with E-state index in [0.717, 1.165) is 16.0 Å². The number of halogens is 1. The monoisotopic (exact) mass is 474 g/mol. The van der Waals surface area contributed by atoms with Crippen molar-refractivity contribution in [3.63, 3.8) is 0 Å². The van der Waals surface area contributed by atoms with E-state index in [2.05, 4.69) is 5.32 Å². The van der Waals surface area contributed by atoms with Crippen LogP contribution in [0.25, 0.3) is 0 Å². The number of piperidine rings is 1. The molecule has 5 amide bonds. The van der Waals surface area contributed by atoms with Gasteiger partial charge in [0.2, 0.25) is 11.8 Å². The molecule has 8 nitrogen and oxygen atoms in total. The number of fused-ring (bicyclic) bond motifs is 1. The Morgan fingerprint density at radius 2 is 2.03 bits per heavy atom. The predicted octanol–water partition coefficient (Wildman–Crippen LogP) is 3.16. The first-order valence-corrected chi connectivity index (χ1v) is 11.4. The largest absolute Gasteiger partial charge is 0.324 e. The summed E-state index contributed by atoms with van der Waals surface area (Å²) in [4.78, 5) is 55.0. The highest BCUT2D eigenvalue weighted by atomic mass is 35.5. The predicted molar refractivity (Wildman–Crippen MR) is 122 cm³/mol. The Bertz CT molecular complexity index is 1130. The van der Waals surface area contributed by atoms with Crippen LogP contribution in [0.15, 0.2) is 23.6 Å². The first-order chi connectivity index (χ1) is 15.2. The Morgan fingerprint density at radius 1 is 1.28 bits per heavy atom. The van der Waals surface area contributed by atoms with E-state index in [1.54, 1.807) is 30.4 Å². The molecule has 1 atom stereocenters. The summed E-state index contributed by atoms with van der Waals surface area (Å²) in [5.74, 6) is -0.958. The minimum atomic E-state index is -0.651. The van der Waals surface area contributed by atoms with Gasteiger partial charge in [-0.3, -0.25) is 24.6 Å². The highest BCUT2D eigenvalue weighted by molar-refractivity contribution is 7.10. The number of nitrogens with one attached hydrogen (secondary N) is 1. The normalized spacial score (nSPS) is 17.9. The van der Waals surface area contributed by atoms with Crippen molar-refractivity contribution in [2.75, 3.05) is 19.0 Å².